The van der Waals surface area contributed by atoms with Crippen molar-refractivity contribution in [3.05, 3.63) is 29.8 Å². The van der Waals surface area contributed by atoms with Crippen molar-refractivity contribution >= 4 is 11.6 Å². The summed E-state index contributed by atoms with van der Waals surface area (Å²) in [7, 11) is 3.87. The molecule has 1 saturated carbocycles. The Morgan fingerprint density at radius 1 is 1.12 bits per heavy atom. The highest BCUT2D eigenvalue weighted by Crippen LogP contribution is 2.35. The maximum absolute atomic E-state index is 12.6. The number of nitrogens with zero attached hydrogens (tertiary/aromatic N) is 6. The topological polar surface area (TPSA) is 59.2 Å². The standard InChI is InChI=1S/C18H26N6O/c1-21-12-16(9-19-21)24-8-7-23(13-17(24)25)11-15-10-22(2)20-18(15)14-5-3-4-6-14/h9-10,12,14H,3-8,11,13H2,1-2H3. The Morgan fingerprint density at radius 3 is 2.60 bits per heavy atom. The van der Waals surface area contributed by atoms with Crippen molar-refractivity contribution in [2.45, 2.75) is 38.1 Å². The molecular formula is C18H26N6O. The van der Waals surface area contributed by atoms with Gasteiger partial charge in [0.05, 0.1) is 24.1 Å². The third-order valence-corrected chi connectivity index (χ3v) is 5.38. The van der Waals surface area contributed by atoms with Crippen molar-refractivity contribution in [2.75, 3.05) is 24.5 Å². The molecule has 0 radical (unpaired) electrons. The summed E-state index contributed by atoms with van der Waals surface area (Å²) < 4.78 is 3.66. The summed E-state index contributed by atoms with van der Waals surface area (Å²) >= 11 is 0. The van der Waals surface area contributed by atoms with Crippen molar-refractivity contribution < 1.29 is 4.79 Å². The van der Waals surface area contributed by atoms with Crippen LogP contribution in [0.5, 0.6) is 0 Å². The number of carbonyl (C=O) groups excluding carboxylic acids is 1. The van der Waals surface area contributed by atoms with Crippen LogP contribution >= 0.6 is 0 Å². The van der Waals surface area contributed by atoms with E-state index >= 15 is 0 Å². The average molecular weight is 342 g/mol. The Bertz CT molecular complexity index is 757. The Morgan fingerprint density at radius 2 is 1.92 bits per heavy atom. The van der Waals surface area contributed by atoms with Crippen LogP contribution < -0.4 is 4.90 Å². The van der Waals surface area contributed by atoms with Gasteiger partial charge in [0.2, 0.25) is 5.91 Å². The average Bonchev–Trinajstić information content (AvgIpc) is 3.29. The molecule has 134 valence electrons. The fraction of sp³-hybridized carbons (Fsp3) is 0.611. The zero-order chi connectivity index (χ0) is 17.4. The lowest BCUT2D eigenvalue weighted by molar-refractivity contribution is -0.121. The summed E-state index contributed by atoms with van der Waals surface area (Å²) in [5.41, 5.74) is 3.43. The van der Waals surface area contributed by atoms with Gasteiger partial charge in [-0.25, -0.2) is 0 Å². The van der Waals surface area contributed by atoms with Gasteiger partial charge in [-0.2, -0.15) is 10.2 Å². The summed E-state index contributed by atoms with van der Waals surface area (Å²) in [6.07, 6.45) is 10.9. The molecule has 0 aromatic carbocycles. The van der Waals surface area contributed by atoms with Gasteiger partial charge in [0.25, 0.3) is 0 Å². The Kier molecular flexibility index (Phi) is 4.33. The zero-order valence-electron chi connectivity index (χ0n) is 15.1. The number of amides is 1. The first-order valence-electron chi connectivity index (χ1n) is 9.14. The van der Waals surface area contributed by atoms with Gasteiger partial charge >= 0.3 is 0 Å². The fourth-order valence-electron chi connectivity index (χ4n) is 4.14. The summed E-state index contributed by atoms with van der Waals surface area (Å²) in [4.78, 5) is 16.7. The van der Waals surface area contributed by atoms with Gasteiger partial charge < -0.3 is 4.90 Å². The van der Waals surface area contributed by atoms with Crippen molar-refractivity contribution in [2.24, 2.45) is 14.1 Å². The van der Waals surface area contributed by atoms with Crippen molar-refractivity contribution in [1.29, 1.82) is 0 Å². The molecule has 0 spiro atoms. The molecule has 2 aromatic heterocycles. The molecular weight excluding hydrogens is 316 g/mol. The maximum atomic E-state index is 12.6. The summed E-state index contributed by atoms with van der Waals surface area (Å²) in [5, 5.41) is 8.90. The predicted molar refractivity (Wildman–Crippen MR) is 95.3 cm³/mol. The van der Waals surface area contributed by atoms with E-state index in [0.717, 1.165) is 18.8 Å². The van der Waals surface area contributed by atoms with Gasteiger partial charge in [-0.15, -0.1) is 0 Å². The minimum absolute atomic E-state index is 0.144. The number of aryl methyl sites for hydroxylation is 2. The molecule has 2 aliphatic rings. The van der Waals surface area contributed by atoms with E-state index in [1.165, 1.54) is 36.9 Å². The molecule has 3 heterocycles. The molecule has 7 heteroatoms. The molecule has 1 saturated heterocycles. The van der Waals surface area contributed by atoms with E-state index in [-0.39, 0.29) is 5.91 Å². The van der Waals surface area contributed by atoms with Crippen LogP contribution in [-0.2, 0) is 25.4 Å². The highest BCUT2D eigenvalue weighted by atomic mass is 16.2. The van der Waals surface area contributed by atoms with Gasteiger partial charge in [0.1, 0.15) is 0 Å². The Labute approximate surface area is 148 Å². The first-order valence-corrected chi connectivity index (χ1v) is 9.14. The van der Waals surface area contributed by atoms with Crippen LogP contribution in [0.2, 0.25) is 0 Å². The highest BCUT2D eigenvalue weighted by molar-refractivity contribution is 5.95. The summed E-state index contributed by atoms with van der Waals surface area (Å²) in [6.45, 7) is 2.85. The number of piperazine rings is 1. The summed E-state index contributed by atoms with van der Waals surface area (Å²) in [6, 6.07) is 0. The molecule has 7 nitrogen and oxygen atoms in total. The van der Waals surface area contributed by atoms with Crippen LogP contribution in [0.15, 0.2) is 18.6 Å². The molecule has 0 atom stereocenters. The quantitative estimate of drug-likeness (QED) is 0.848. The third kappa shape index (κ3) is 3.33. The molecule has 1 amide bonds. The number of rotatable bonds is 4. The second-order valence-corrected chi connectivity index (χ2v) is 7.32. The van der Waals surface area contributed by atoms with E-state index < -0.39 is 0 Å². The van der Waals surface area contributed by atoms with E-state index in [2.05, 4.69) is 16.2 Å². The molecule has 25 heavy (non-hydrogen) atoms. The molecule has 1 aliphatic heterocycles. The molecule has 0 N–H and O–H groups in total. The zero-order valence-corrected chi connectivity index (χ0v) is 15.1. The number of hydrogen-bond acceptors (Lipinski definition) is 4. The SMILES string of the molecule is Cn1cc(N2CCN(Cc3cn(C)nc3C3CCCC3)CC2=O)cn1. The minimum Gasteiger partial charge on any atom is -0.307 e. The van der Waals surface area contributed by atoms with Crippen LogP contribution in [-0.4, -0.2) is 50.0 Å². The lowest BCUT2D eigenvalue weighted by Crippen LogP contribution is -2.50. The second-order valence-electron chi connectivity index (χ2n) is 7.32. The largest absolute Gasteiger partial charge is 0.307 e. The Balaban J connectivity index is 1.44. The lowest BCUT2D eigenvalue weighted by atomic mass is 10.00. The van der Waals surface area contributed by atoms with E-state index in [4.69, 9.17) is 5.10 Å². The Hall–Kier alpha value is -2.15. The molecule has 2 aromatic rings. The van der Waals surface area contributed by atoms with Gasteiger partial charge in [-0.3, -0.25) is 19.1 Å². The monoisotopic (exact) mass is 342 g/mol. The second kappa shape index (κ2) is 6.63. The van der Waals surface area contributed by atoms with E-state index in [1.807, 2.05) is 29.9 Å². The normalized spacial score (nSPS) is 19.9. The molecule has 1 aliphatic carbocycles. The van der Waals surface area contributed by atoms with Gasteiger partial charge in [0.15, 0.2) is 0 Å². The molecule has 0 bridgehead atoms. The maximum Gasteiger partial charge on any atom is 0.241 e. The first kappa shape index (κ1) is 16.3. The van der Waals surface area contributed by atoms with Crippen molar-refractivity contribution in [1.82, 2.24) is 24.5 Å². The molecule has 4 rings (SSSR count). The fourth-order valence-corrected chi connectivity index (χ4v) is 4.14. The van der Waals surface area contributed by atoms with E-state index in [9.17, 15) is 4.79 Å². The number of carbonyl (C=O) groups is 1. The van der Waals surface area contributed by atoms with Crippen LogP contribution in [0.25, 0.3) is 0 Å². The van der Waals surface area contributed by atoms with Crippen LogP contribution in [0.1, 0.15) is 42.9 Å². The number of aromatic nitrogens is 4. The lowest BCUT2D eigenvalue weighted by Gasteiger charge is -2.33. The van der Waals surface area contributed by atoms with Crippen molar-refractivity contribution in [3.8, 4) is 0 Å². The molecule has 2 fully saturated rings. The molecule has 0 unspecified atom stereocenters. The van der Waals surface area contributed by atoms with Gasteiger partial charge in [0, 0.05) is 57.6 Å². The summed E-state index contributed by atoms with van der Waals surface area (Å²) in [5.74, 6) is 0.745. The van der Waals surface area contributed by atoms with Crippen molar-refractivity contribution in [3.63, 3.8) is 0 Å². The third-order valence-electron chi connectivity index (χ3n) is 5.38. The van der Waals surface area contributed by atoms with E-state index in [1.54, 1.807) is 10.9 Å². The number of hydrogen-bond donors (Lipinski definition) is 0. The van der Waals surface area contributed by atoms with Gasteiger partial charge in [-0.1, -0.05) is 12.8 Å². The van der Waals surface area contributed by atoms with Crippen LogP contribution in [0.3, 0.4) is 0 Å². The van der Waals surface area contributed by atoms with E-state index in [0.29, 0.717) is 19.0 Å². The van der Waals surface area contributed by atoms with Gasteiger partial charge in [-0.05, 0) is 12.8 Å². The number of anilines is 1. The predicted octanol–water partition coefficient (Wildman–Crippen LogP) is 1.66. The van der Waals surface area contributed by atoms with Crippen LogP contribution in [0.4, 0.5) is 5.69 Å². The minimum atomic E-state index is 0.144. The smallest absolute Gasteiger partial charge is 0.241 e. The van der Waals surface area contributed by atoms with Crippen LogP contribution in [0, 0.1) is 0 Å². The first-order chi connectivity index (χ1) is 12.1. The highest BCUT2D eigenvalue weighted by Gasteiger charge is 2.28.